The highest BCUT2D eigenvalue weighted by Gasteiger charge is 2.10. The molecule has 0 aliphatic heterocycles. The number of hydrogen-bond donors (Lipinski definition) is 1. The van der Waals surface area contributed by atoms with Crippen LogP contribution in [0.1, 0.15) is 35.5 Å². The van der Waals surface area contributed by atoms with Gasteiger partial charge in [0.1, 0.15) is 5.82 Å². The van der Waals surface area contributed by atoms with E-state index in [1.54, 1.807) is 12.4 Å². The van der Waals surface area contributed by atoms with Crippen LogP contribution >= 0.6 is 0 Å². The molecule has 0 aliphatic rings. The number of anilines is 1. The van der Waals surface area contributed by atoms with Gasteiger partial charge in [-0.15, -0.1) is 0 Å². The molecule has 1 unspecified atom stereocenters. The molecule has 0 aliphatic carbocycles. The van der Waals surface area contributed by atoms with Crippen molar-refractivity contribution < 1.29 is 0 Å². The first-order valence-electron chi connectivity index (χ1n) is 7.72. The Morgan fingerprint density at radius 3 is 2.57 bits per heavy atom. The Labute approximate surface area is 136 Å². The first-order valence-corrected chi connectivity index (χ1v) is 7.72. The largest absolute Gasteiger partial charge is 0.362 e. The first-order chi connectivity index (χ1) is 11.0. The van der Waals surface area contributed by atoms with Crippen molar-refractivity contribution in [3.05, 3.63) is 65.2 Å². The topological polar surface area (TPSA) is 55.6 Å². The molecule has 1 aromatic carbocycles. The fourth-order valence-corrected chi connectivity index (χ4v) is 2.76. The van der Waals surface area contributed by atoms with E-state index in [9.17, 15) is 0 Å². The highest BCUT2D eigenvalue weighted by Crippen LogP contribution is 2.21. The van der Waals surface area contributed by atoms with Gasteiger partial charge in [0.2, 0.25) is 0 Å². The number of nitrogens with one attached hydrogen (secondary N) is 1. The maximum Gasteiger partial charge on any atom is 0.174 e. The summed E-state index contributed by atoms with van der Waals surface area (Å²) in [7, 11) is 0. The van der Waals surface area contributed by atoms with Crippen LogP contribution in [0.3, 0.4) is 0 Å². The van der Waals surface area contributed by atoms with Gasteiger partial charge in [0, 0.05) is 5.69 Å². The Kier molecular flexibility index (Phi) is 4.10. The molecule has 118 valence electrons. The third-order valence-corrected chi connectivity index (χ3v) is 3.87. The molecule has 1 N–H and O–H groups in total. The van der Waals surface area contributed by atoms with Crippen molar-refractivity contribution in [1.82, 2.24) is 19.7 Å². The van der Waals surface area contributed by atoms with E-state index in [-0.39, 0.29) is 6.04 Å². The molecule has 2 aromatic heterocycles. The first kappa shape index (κ1) is 15.2. The molecule has 0 amide bonds. The Bertz CT molecular complexity index is 822. The van der Waals surface area contributed by atoms with Crippen LogP contribution in [-0.2, 0) is 0 Å². The third-order valence-electron chi connectivity index (χ3n) is 3.87. The zero-order chi connectivity index (χ0) is 16.4. The highest BCUT2D eigenvalue weighted by molar-refractivity contribution is 5.41. The predicted molar refractivity (Wildman–Crippen MR) is 91.8 cm³/mol. The minimum atomic E-state index is 0.154. The predicted octanol–water partition coefficient (Wildman–Crippen LogP) is 3.76. The smallest absolute Gasteiger partial charge is 0.174 e. The maximum absolute atomic E-state index is 4.64. The molecule has 5 heteroatoms. The molecule has 0 spiro atoms. The molecule has 5 nitrogen and oxygen atoms in total. The molecule has 23 heavy (non-hydrogen) atoms. The summed E-state index contributed by atoms with van der Waals surface area (Å²) in [6.07, 6.45) is 3.47. The fourth-order valence-electron chi connectivity index (χ4n) is 2.76. The molecule has 0 bridgehead atoms. The van der Waals surface area contributed by atoms with Crippen LogP contribution in [0, 0.1) is 20.8 Å². The molecule has 0 fully saturated rings. The van der Waals surface area contributed by atoms with Crippen molar-refractivity contribution in [2.75, 3.05) is 5.32 Å². The molecular formula is C18H21N5. The summed E-state index contributed by atoms with van der Waals surface area (Å²) >= 11 is 0. The summed E-state index contributed by atoms with van der Waals surface area (Å²) < 4.78 is 1.81. The molecule has 0 saturated carbocycles. The van der Waals surface area contributed by atoms with E-state index in [2.05, 4.69) is 58.5 Å². The number of nitrogens with zero attached hydrogens (tertiary/aromatic N) is 4. The zero-order valence-electron chi connectivity index (χ0n) is 13.9. The van der Waals surface area contributed by atoms with Gasteiger partial charge in [-0.2, -0.15) is 5.10 Å². The van der Waals surface area contributed by atoms with Gasteiger partial charge < -0.3 is 5.32 Å². The molecule has 1 atom stereocenters. The van der Waals surface area contributed by atoms with Crippen LogP contribution in [0.5, 0.6) is 0 Å². The highest BCUT2D eigenvalue weighted by atomic mass is 15.3. The van der Waals surface area contributed by atoms with Gasteiger partial charge >= 0.3 is 0 Å². The monoisotopic (exact) mass is 307 g/mol. The second-order valence-corrected chi connectivity index (χ2v) is 5.82. The van der Waals surface area contributed by atoms with E-state index in [0.29, 0.717) is 0 Å². The van der Waals surface area contributed by atoms with Crippen LogP contribution in [-0.4, -0.2) is 19.7 Å². The normalized spacial score (nSPS) is 12.2. The summed E-state index contributed by atoms with van der Waals surface area (Å²) in [5.41, 5.74) is 4.53. The van der Waals surface area contributed by atoms with E-state index in [1.165, 1.54) is 11.1 Å². The lowest BCUT2D eigenvalue weighted by Crippen LogP contribution is -2.11. The molecule has 3 aromatic rings. The lowest BCUT2D eigenvalue weighted by Gasteiger charge is -2.17. The van der Waals surface area contributed by atoms with E-state index in [4.69, 9.17) is 0 Å². The van der Waals surface area contributed by atoms with Gasteiger partial charge in [-0.25, -0.2) is 9.67 Å². The number of aromatic nitrogens is 4. The average Bonchev–Trinajstić information content (AvgIpc) is 2.86. The van der Waals surface area contributed by atoms with Crippen molar-refractivity contribution in [2.45, 2.75) is 33.7 Å². The quantitative estimate of drug-likeness (QED) is 0.797. The van der Waals surface area contributed by atoms with Crippen molar-refractivity contribution in [3.8, 4) is 5.82 Å². The van der Waals surface area contributed by atoms with Gasteiger partial charge in [-0.05, 0) is 44.9 Å². The van der Waals surface area contributed by atoms with Crippen molar-refractivity contribution in [1.29, 1.82) is 0 Å². The van der Waals surface area contributed by atoms with Gasteiger partial charge in [-0.3, -0.25) is 4.98 Å². The fraction of sp³-hybridized carbons (Fsp3) is 0.278. The number of benzene rings is 1. The molecule has 0 radical (unpaired) electrons. The number of hydrogen-bond acceptors (Lipinski definition) is 4. The third kappa shape index (κ3) is 3.23. The van der Waals surface area contributed by atoms with Crippen LogP contribution in [0.15, 0.2) is 42.7 Å². The second-order valence-electron chi connectivity index (χ2n) is 5.82. The molecular weight excluding hydrogens is 286 g/mol. The van der Waals surface area contributed by atoms with E-state index < -0.39 is 0 Å². The summed E-state index contributed by atoms with van der Waals surface area (Å²) in [5.74, 6) is 1.46. The van der Waals surface area contributed by atoms with E-state index in [1.807, 2.05) is 24.6 Å². The molecule has 0 saturated heterocycles. The molecule has 2 heterocycles. The van der Waals surface area contributed by atoms with Gasteiger partial charge in [0.15, 0.2) is 5.82 Å². The summed E-state index contributed by atoms with van der Waals surface area (Å²) in [6, 6.07) is 10.5. The number of rotatable bonds is 4. The zero-order valence-corrected chi connectivity index (χ0v) is 13.9. The Balaban J connectivity index is 1.86. The summed E-state index contributed by atoms with van der Waals surface area (Å²) in [4.78, 5) is 8.93. The van der Waals surface area contributed by atoms with Crippen molar-refractivity contribution in [3.63, 3.8) is 0 Å². The van der Waals surface area contributed by atoms with Crippen molar-refractivity contribution >= 4 is 5.82 Å². The van der Waals surface area contributed by atoms with Crippen LogP contribution in [0.25, 0.3) is 5.82 Å². The minimum Gasteiger partial charge on any atom is -0.362 e. The Morgan fingerprint density at radius 2 is 1.87 bits per heavy atom. The second kappa shape index (κ2) is 6.20. The van der Waals surface area contributed by atoms with Gasteiger partial charge in [-0.1, -0.05) is 24.3 Å². The minimum absolute atomic E-state index is 0.154. The maximum atomic E-state index is 4.64. The molecule has 3 rings (SSSR count). The lowest BCUT2D eigenvalue weighted by atomic mass is 10.0. The van der Waals surface area contributed by atoms with E-state index in [0.717, 1.165) is 23.0 Å². The Hall–Kier alpha value is -2.69. The van der Waals surface area contributed by atoms with Gasteiger partial charge in [0.05, 0.1) is 24.1 Å². The van der Waals surface area contributed by atoms with Crippen LogP contribution in [0.4, 0.5) is 5.82 Å². The van der Waals surface area contributed by atoms with Crippen LogP contribution in [0.2, 0.25) is 0 Å². The SMILES string of the molecule is Cc1cc(C)n(-c2cncc(NC(C)c3ccccc3C)n2)n1. The number of aryl methyl sites for hydroxylation is 3. The van der Waals surface area contributed by atoms with E-state index >= 15 is 0 Å². The standard InChI is InChI=1S/C18H21N5/c1-12-7-5-6-8-16(12)15(4)20-17-10-19-11-18(21-17)23-14(3)9-13(2)22-23/h5-11,15H,1-4H3,(H,20,21). The average molecular weight is 307 g/mol. The van der Waals surface area contributed by atoms with Gasteiger partial charge in [0.25, 0.3) is 0 Å². The van der Waals surface area contributed by atoms with Crippen LogP contribution < -0.4 is 5.32 Å². The Morgan fingerprint density at radius 1 is 1.09 bits per heavy atom. The van der Waals surface area contributed by atoms with Crippen molar-refractivity contribution in [2.24, 2.45) is 0 Å². The summed E-state index contributed by atoms with van der Waals surface area (Å²) in [5, 5.41) is 7.88. The summed E-state index contributed by atoms with van der Waals surface area (Å²) in [6.45, 7) is 8.22. The lowest BCUT2D eigenvalue weighted by molar-refractivity contribution is 0.792.